The molecule has 0 aliphatic heterocycles. The Kier molecular flexibility index (Phi) is 2.11. The lowest BCUT2D eigenvalue weighted by molar-refractivity contribution is -0.932. The molecule has 0 radical (unpaired) electrons. The van der Waals surface area contributed by atoms with Gasteiger partial charge >= 0.3 is 0 Å². The fourth-order valence-corrected chi connectivity index (χ4v) is 3.96. The maximum Gasteiger partial charge on any atom is 0.105 e. The van der Waals surface area contributed by atoms with Gasteiger partial charge in [-0.15, -0.1) is 0 Å². The lowest BCUT2D eigenvalue weighted by atomic mass is 9.88. The molecular weight excluding hydrogens is 184 g/mol. The molecule has 0 aromatic heterocycles. The van der Waals surface area contributed by atoms with Gasteiger partial charge in [0.15, 0.2) is 0 Å². The molecule has 15 heavy (non-hydrogen) atoms. The molecule has 88 valence electrons. The molecule has 0 atom stereocenters. The molecular formula is C13H28N2+2. The summed E-state index contributed by atoms with van der Waals surface area (Å²) in [5, 5.41) is 0. The van der Waals surface area contributed by atoms with Gasteiger partial charge in [0, 0.05) is 25.7 Å². The first-order valence-corrected chi connectivity index (χ1v) is 6.25. The zero-order valence-corrected chi connectivity index (χ0v) is 11.4. The Bertz CT molecular complexity index is 231. The van der Waals surface area contributed by atoms with Gasteiger partial charge < -0.3 is 8.97 Å². The first kappa shape index (κ1) is 11.4. The molecule has 0 unspecified atom stereocenters. The highest BCUT2D eigenvalue weighted by Crippen LogP contribution is 2.58. The molecule has 2 fully saturated rings. The second-order valence-electron chi connectivity index (χ2n) is 7.65. The fourth-order valence-electron chi connectivity index (χ4n) is 3.96. The molecule has 0 aromatic rings. The van der Waals surface area contributed by atoms with Crippen molar-refractivity contribution in [2.24, 2.45) is 0 Å². The number of hydrogen-bond acceptors (Lipinski definition) is 0. The van der Waals surface area contributed by atoms with Crippen LogP contribution >= 0.6 is 0 Å². The minimum atomic E-state index is 0.589. The Morgan fingerprint density at radius 3 is 1.00 bits per heavy atom. The van der Waals surface area contributed by atoms with Crippen LogP contribution in [0.1, 0.15) is 32.1 Å². The zero-order valence-electron chi connectivity index (χ0n) is 11.4. The summed E-state index contributed by atoms with van der Waals surface area (Å²) in [5.41, 5.74) is 1.18. The van der Waals surface area contributed by atoms with E-state index in [-0.39, 0.29) is 0 Å². The predicted molar refractivity (Wildman–Crippen MR) is 64.6 cm³/mol. The van der Waals surface area contributed by atoms with E-state index >= 15 is 0 Å². The van der Waals surface area contributed by atoms with Crippen LogP contribution in [0.3, 0.4) is 0 Å². The molecule has 0 heterocycles. The highest BCUT2D eigenvalue weighted by atomic mass is 15.4. The molecule has 0 amide bonds. The van der Waals surface area contributed by atoms with Crippen molar-refractivity contribution >= 4 is 0 Å². The summed E-state index contributed by atoms with van der Waals surface area (Å²) in [6, 6.07) is 0. The normalized spacial score (nSPS) is 41.2. The molecule has 2 heteroatoms. The van der Waals surface area contributed by atoms with Gasteiger partial charge in [0.05, 0.1) is 48.7 Å². The van der Waals surface area contributed by atoms with Crippen molar-refractivity contribution in [1.29, 1.82) is 0 Å². The standard InChI is InChI=1S/C13H28N2/c1-14(2,3)12-7-9-13(11-12,10-8-12)15(4,5)6/h7-11H2,1-6H3/q+2. The molecule has 2 aliphatic rings. The average Bonchev–Trinajstić information content (AvgIpc) is 2.57. The van der Waals surface area contributed by atoms with Gasteiger partial charge in [-0.25, -0.2) is 0 Å². The van der Waals surface area contributed by atoms with Crippen molar-refractivity contribution in [3.05, 3.63) is 0 Å². The van der Waals surface area contributed by atoms with E-state index in [0.717, 1.165) is 8.97 Å². The van der Waals surface area contributed by atoms with Crippen molar-refractivity contribution in [2.75, 3.05) is 42.3 Å². The maximum atomic E-state index is 2.39. The van der Waals surface area contributed by atoms with Crippen LogP contribution in [0.5, 0.6) is 0 Å². The van der Waals surface area contributed by atoms with Crippen molar-refractivity contribution in [3.63, 3.8) is 0 Å². The summed E-state index contributed by atoms with van der Waals surface area (Å²) in [6.45, 7) is 0. The highest BCUT2D eigenvalue weighted by Gasteiger charge is 2.66. The molecule has 2 aliphatic carbocycles. The Balaban J connectivity index is 2.29. The summed E-state index contributed by atoms with van der Waals surface area (Å²) in [5.74, 6) is 0. The van der Waals surface area contributed by atoms with E-state index in [0.29, 0.717) is 11.1 Å². The summed E-state index contributed by atoms with van der Waals surface area (Å²) < 4.78 is 2.32. The van der Waals surface area contributed by atoms with Gasteiger partial charge in [0.2, 0.25) is 0 Å². The number of quaternary nitrogens is 2. The molecule has 2 bridgehead atoms. The second kappa shape index (κ2) is 2.78. The molecule has 2 nitrogen and oxygen atoms in total. The predicted octanol–water partition coefficient (Wildman–Crippen LogP) is 1.85. The van der Waals surface area contributed by atoms with Crippen LogP contribution in [-0.4, -0.2) is 62.3 Å². The van der Waals surface area contributed by atoms with Gasteiger partial charge in [0.25, 0.3) is 0 Å². The highest BCUT2D eigenvalue weighted by molar-refractivity contribution is 5.08. The number of rotatable bonds is 2. The van der Waals surface area contributed by atoms with Gasteiger partial charge in [-0.05, 0) is 0 Å². The topological polar surface area (TPSA) is 0 Å². The summed E-state index contributed by atoms with van der Waals surface area (Å²) >= 11 is 0. The van der Waals surface area contributed by atoms with Crippen LogP contribution < -0.4 is 0 Å². The maximum absolute atomic E-state index is 2.39. The zero-order chi connectivity index (χ0) is 11.5. The SMILES string of the molecule is C[N+](C)(C)C12CCC([N+](C)(C)C)(CC1)C2. The largest absolute Gasteiger partial charge is 0.326 e. The number of fused-ring (bicyclic) bond motifs is 2. The summed E-state index contributed by atoms with van der Waals surface area (Å²) in [6.07, 6.45) is 7.18. The van der Waals surface area contributed by atoms with E-state index in [1.54, 1.807) is 0 Å². The molecule has 0 N–H and O–H groups in total. The van der Waals surface area contributed by atoms with E-state index < -0.39 is 0 Å². The third-order valence-electron chi connectivity index (χ3n) is 5.62. The minimum Gasteiger partial charge on any atom is -0.326 e. The smallest absolute Gasteiger partial charge is 0.105 e. The molecule has 2 saturated carbocycles. The quantitative estimate of drug-likeness (QED) is 0.613. The Morgan fingerprint density at radius 1 is 0.600 bits per heavy atom. The van der Waals surface area contributed by atoms with Gasteiger partial charge in [-0.3, -0.25) is 0 Å². The fraction of sp³-hybridized carbons (Fsp3) is 1.00. The summed E-state index contributed by atoms with van der Waals surface area (Å²) in [7, 11) is 14.3. The average molecular weight is 212 g/mol. The van der Waals surface area contributed by atoms with Gasteiger partial charge in [-0.1, -0.05) is 0 Å². The summed E-state index contributed by atoms with van der Waals surface area (Å²) in [4.78, 5) is 0. The van der Waals surface area contributed by atoms with E-state index in [9.17, 15) is 0 Å². The van der Waals surface area contributed by atoms with E-state index in [1.165, 1.54) is 32.1 Å². The van der Waals surface area contributed by atoms with Crippen molar-refractivity contribution in [3.8, 4) is 0 Å². The van der Waals surface area contributed by atoms with E-state index in [2.05, 4.69) is 42.3 Å². The molecule has 2 rings (SSSR count). The van der Waals surface area contributed by atoms with Crippen LogP contribution in [0, 0.1) is 0 Å². The Labute approximate surface area is 95.0 Å². The Morgan fingerprint density at radius 2 is 0.867 bits per heavy atom. The van der Waals surface area contributed by atoms with Crippen LogP contribution in [0.25, 0.3) is 0 Å². The van der Waals surface area contributed by atoms with Crippen LogP contribution in [-0.2, 0) is 0 Å². The minimum absolute atomic E-state index is 0.589. The molecule has 0 spiro atoms. The first-order chi connectivity index (χ1) is 6.62. The van der Waals surface area contributed by atoms with Gasteiger partial charge in [0.1, 0.15) is 11.1 Å². The lowest BCUT2D eigenvalue weighted by Crippen LogP contribution is -2.55. The van der Waals surface area contributed by atoms with Crippen molar-refractivity contribution in [2.45, 2.75) is 43.2 Å². The van der Waals surface area contributed by atoms with Crippen molar-refractivity contribution < 1.29 is 8.97 Å². The van der Waals surface area contributed by atoms with E-state index in [4.69, 9.17) is 0 Å². The van der Waals surface area contributed by atoms with Crippen LogP contribution in [0.2, 0.25) is 0 Å². The van der Waals surface area contributed by atoms with Crippen molar-refractivity contribution in [1.82, 2.24) is 0 Å². The van der Waals surface area contributed by atoms with Gasteiger partial charge in [-0.2, -0.15) is 0 Å². The molecule has 0 saturated heterocycles. The monoisotopic (exact) mass is 212 g/mol. The second-order valence-corrected chi connectivity index (χ2v) is 7.65. The Hall–Kier alpha value is -0.0800. The van der Waals surface area contributed by atoms with Crippen LogP contribution in [0.4, 0.5) is 0 Å². The van der Waals surface area contributed by atoms with E-state index in [1.807, 2.05) is 0 Å². The van der Waals surface area contributed by atoms with Crippen LogP contribution in [0.15, 0.2) is 0 Å². The number of nitrogens with zero attached hydrogens (tertiary/aromatic N) is 2. The first-order valence-electron chi connectivity index (χ1n) is 6.25. The molecule has 0 aromatic carbocycles. The number of hydrogen-bond donors (Lipinski definition) is 0. The third-order valence-corrected chi connectivity index (χ3v) is 5.62. The lowest BCUT2D eigenvalue weighted by Gasteiger charge is -2.42. The third kappa shape index (κ3) is 1.38.